The molecule has 0 saturated heterocycles. The number of thiophene rings is 1. The van der Waals surface area contributed by atoms with Gasteiger partial charge in [0.15, 0.2) is 0 Å². The van der Waals surface area contributed by atoms with Crippen LogP contribution in [0.1, 0.15) is 22.9 Å². The van der Waals surface area contributed by atoms with Crippen molar-refractivity contribution in [3.63, 3.8) is 0 Å². The molecule has 0 aliphatic carbocycles. The largest absolute Gasteiger partial charge is 0.369 e. The summed E-state index contributed by atoms with van der Waals surface area (Å²) in [5, 5.41) is 2.13. The highest BCUT2D eigenvalue weighted by molar-refractivity contribution is 7.09. The SMILES string of the molecule is Cc1cc(N(C)Cc2cccs2)ccc1CC(C)N. The predicted octanol–water partition coefficient (Wildman–Crippen LogP) is 3.58. The summed E-state index contributed by atoms with van der Waals surface area (Å²) in [6.07, 6.45) is 0.945. The molecule has 0 fully saturated rings. The molecule has 0 spiro atoms. The van der Waals surface area contributed by atoms with E-state index in [1.165, 1.54) is 21.7 Å². The molecule has 0 aliphatic heterocycles. The molecule has 0 amide bonds. The average molecular weight is 274 g/mol. The fourth-order valence-corrected chi connectivity index (χ4v) is 2.98. The van der Waals surface area contributed by atoms with Crippen molar-refractivity contribution in [3.8, 4) is 0 Å². The Morgan fingerprint density at radius 1 is 1.32 bits per heavy atom. The lowest BCUT2D eigenvalue weighted by molar-refractivity contribution is 0.734. The summed E-state index contributed by atoms with van der Waals surface area (Å²) in [5.74, 6) is 0. The highest BCUT2D eigenvalue weighted by Gasteiger charge is 2.07. The van der Waals surface area contributed by atoms with Crippen LogP contribution >= 0.6 is 11.3 Å². The Morgan fingerprint density at radius 2 is 2.11 bits per heavy atom. The maximum atomic E-state index is 5.87. The van der Waals surface area contributed by atoms with Gasteiger partial charge in [-0.25, -0.2) is 0 Å². The lowest BCUT2D eigenvalue weighted by Gasteiger charge is -2.20. The molecule has 0 bridgehead atoms. The molecular formula is C16H22N2S. The molecule has 2 rings (SSSR count). The van der Waals surface area contributed by atoms with Crippen LogP contribution in [0.5, 0.6) is 0 Å². The third-order valence-electron chi connectivity index (χ3n) is 3.28. The van der Waals surface area contributed by atoms with E-state index in [1.54, 1.807) is 11.3 Å². The molecule has 1 heterocycles. The smallest absolute Gasteiger partial charge is 0.0519 e. The van der Waals surface area contributed by atoms with Gasteiger partial charge in [-0.3, -0.25) is 0 Å². The van der Waals surface area contributed by atoms with E-state index in [9.17, 15) is 0 Å². The highest BCUT2D eigenvalue weighted by Crippen LogP contribution is 2.22. The van der Waals surface area contributed by atoms with Crippen LogP contribution in [0.2, 0.25) is 0 Å². The molecule has 102 valence electrons. The third kappa shape index (κ3) is 3.82. The number of benzene rings is 1. The zero-order chi connectivity index (χ0) is 13.8. The molecule has 0 radical (unpaired) electrons. The first-order valence-corrected chi connectivity index (χ1v) is 7.53. The molecule has 19 heavy (non-hydrogen) atoms. The number of hydrogen-bond donors (Lipinski definition) is 1. The molecule has 1 aromatic carbocycles. The van der Waals surface area contributed by atoms with Crippen LogP contribution in [0, 0.1) is 6.92 Å². The third-order valence-corrected chi connectivity index (χ3v) is 4.14. The van der Waals surface area contributed by atoms with E-state index in [0.29, 0.717) is 0 Å². The molecule has 3 heteroatoms. The van der Waals surface area contributed by atoms with E-state index in [-0.39, 0.29) is 6.04 Å². The molecule has 2 N–H and O–H groups in total. The standard InChI is InChI=1S/C16H22N2S/c1-12-9-15(7-6-14(12)10-13(2)17)18(3)11-16-5-4-8-19-16/h4-9,13H,10-11,17H2,1-3H3. The first-order valence-electron chi connectivity index (χ1n) is 6.65. The van der Waals surface area contributed by atoms with Crippen LogP contribution in [0.25, 0.3) is 0 Å². The molecule has 2 nitrogen and oxygen atoms in total. The number of rotatable bonds is 5. The lowest BCUT2D eigenvalue weighted by atomic mass is 10.0. The van der Waals surface area contributed by atoms with E-state index in [1.807, 2.05) is 0 Å². The summed E-state index contributed by atoms with van der Waals surface area (Å²) >= 11 is 1.80. The summed E-state index contributed by atoms with van der Waals surface area (Å²) in [5.41, 5.74) is 9.81. The highest BCUT2D eigenvalue weighted by atomic mass is 32.1. The van der Waals surface area contributed by atoms with Crippen molar-refractivity contribution in [3.05, 3.63) is 51.7 Å². The topological polar surface area (TPSA) is 29.3 Å². The Kier molecular flexibility index (Phi) is 4.61. The van der Waals surface area contributed by atoms with Crippen LogP contribution in [0.4, 0.5) is 5.69 Å². The van der Waals surface area contributed by atoms with E-state index in [4.69, 9.17) is 5.73 Å². The van der Waals surface area contributed by atoms with Gasteiger partial charge in [-0.05, 0) is 55.0 Å². The maximum absolute atomic E-state index is 5.87. The summed E-state index contributed by atoms with van der Waals surface area (Å²) < 4.78 is 0. The fraction of sp³-hybridized carbons (Fsp3) is 0.375. The van der Waals surface area contributed by atoms with Gasteiger partial charge < -0.3 is 10.6 Å². The van der Waals surface area contributed by atoms with Gasteiger partial charge in [-0.15, -0.1) is 11.3 Å². The second-order valence-corrected chi connectivity index (χ2v) is 6.26. The summed E-state index contributed by atoms with van der Waals surface area (Å²) in [4.78, 5) is 3.67. The number of nitrogens with two attached hydrogens (primary N) is 1. The summed E-state index contributed by atoms with van der Waals surface area (Å²) in [6.45, 7) is 5.18. The minimum absolute atomic E-state index is 0.216. The number of hydrogen-bond acceptors (Lipinski definition) is 3. The molecule has 1 aromatic heterocycles. The molecule has 1 atom stereocenters. The van der Waals surface area contributed by atoms with Gasteiger partial charge in [0.05, 0.1) is 6.54 Å². The Bertz CT molecular complexity index is 518. The van der Waals surface area contributed by atoms with Crippen molar-refractivity contribution in [2.75, 3.05) is 11.9 Å². The quantitative estimate of drug-likeness (QED) is 0.903. The van der Waals surface area contributed by atoms with Crippen molar-refractivity contribution in [1.82, 2.24) is 0 Å². The lowest BCUT2D eigenvalue weighted by Crippen LogP contribution is -2.19. The van der Waals surface area contributed by atoms with E-state index >= 15 is 0 Å². The van der Waals surface area contributed by atoms with Crippen molar-refractivity contribution in [2.24, 2.45) is 5.73 Å². The minimum Gasteiger partial charge on any atom is -0.369 e. The van der Waals surface area contributed by atoms with Gasteiger partial charge in [-0.2, -0.15) is 0 Å². The van der Waals surface area contributed by atoms with Gasteiger partial charge in [0.25, 0.3) is 0 Å². The number of nitrogens with zero attached hydrogens (tertiary/aromatic N) is 1. The van der Waals surface area contributed by atoms with Crippen molar-refractivity contribution >= 4 is 17.0 Å². The van der Waals surface area contributed by atoms with Crippen LogP contribution in [0.3, 0.4) is 0 Å². The zero-order valence-electron chi connectivity index (χ0n) is 11.9. The molecule has 2 aromatic rings. The molecule has 0 saturated carbocycles. The molecule has 0 aliphatic rings. The predicted molar refractivity (Wildman–Crippen MR) is 85.0 cm³/mol. The number of anilines is 1. The van der Waals surface area contributed by atoms with Crippen LogP contribution in [-0.2, 0) is 13.0 Å². The summed E-state index contributed by atoms with van der Waals surface area (Å²) in [6, 6.07) is 11.2. The van der Waals surface area contributed by atoms with Gasteiger partial charge >= 0.3 is 0 Å². The van der Waals surface area contributed by atoms with E-state index in [2.05, 4.69) is 61.5 Å². The van der Waals surface area contributed by atoms with Crippen LogP contribution in [-0.4, -0.2) is 13.1 Å². The summed E-state index contributed by atoms with van der Waals surface area (Å²) in [7, 11) is 2.14. The van der Waals surface area contributed by atoms with E-state index < -0.39 is 0 Å². The van der Waals surface area contributed by atoms with Gasteiger partial charge in [0.2, 0.25) is 0 Å². The van der Waals surface area contributed by atoms with Gasteiger partial charge in [0.1, 0.15) is 0 Å². The number of aryl methyl sites for hydroxylation is 1. The van der Waals surface area contributed by atoms with Crippen molar-refractivity contribution < 1.29 is 0 Å². The Balaban J connectivity index is 2.10. The first-order chi connectivity index (χ1) is 9.06. The van der Waals surface area contributed by atoms with Gasteiger partial charge in [-0.1, -0.05) is 12.1 Å². The average Bonchev–Trinajstić information content (AvgIpc) is 2.84. The molecule has 1 unspecified atom stereocenters. The molecular weight excluding hydrogens is 252 g/mol. The van der Waals surface area contributed by atoms with E-state index in [0.717, 1.165) is 13.0 Å². The second kappa shape index (κ2) is 6.22. The van der Waals surface area contributed by atoms with Crippen molar-refractivity contribution in [1.29, 1.82) is 0 Å². The monoisotopic (exact) mass is 274 g/mol. The Morgan fingerprint density at radius 3 is 2.68 bits per heavy atom. The normalized spacial score (nSPS) is 12.4. The van der Waals surface area contributed by atoms with Crippen LogP contribution < -0.4 is 10.6 Å². The van der Waals surface area contributed by atoms with Gasteiger partial charge in [0, 0.05) is 23.7 Å². The fourth-order valence-electron chi connectivity index (χ4n) is 2.22. The second-order valence-electron chi connectivity index (χ2n) is 5.23. The van der Waals surface area contributed by atoms with Crippen molar-refractivity contribution in [2.45, 2.75) is 32.9 Å². The maximum Gasteiger partial charge on any atom is 0.0519 e. The Hall–Kier alpha value is -1.32. The first kappa shape index (κ1) is 14.1. The Labute approximate surface area is 119 Å². The minimum atomic E-state index is 0.216. The zero-order valence-corrected chi connectivity index (χ0v) is 12.7. The van der Waals surface area contributed by atoms with Crippen LogP contribution in [0.15, 0.2) is 35.7 Å².